The molecule has 8 nitrogen and oxygen atoms in total. The van der Waals surface area contributed by atoms with Gasteiger partial charge in [-0.2, -0.15) is 4.40 Å². The Kier molecular flexibility index (Phi) is 7.89. The summed E-state index contributed by atoms with van der Waals surface area (Å²) in [6.45, 7) is 8.05. The maximum absolute atomic E-state index is 12.9. The number of nitrogens with zero attached hydrogens (tertiary/aromatic N) is 3. The first-order valence-corrected chi connectivity index (χ1v) is 11.4. The molecule has 1 aliphatic heterocycles. The van der Waals surface area contributed by atoms with Crippen LogP contribution < -0.4 is 20.5 Å². The van der Waals surface area contributed by atoms with Crippen molar-refractivity contribution in [2.75, 3.05) is 11.3 Å². The molecule has 1 aromatic carbocycles. The standard InChI is InChI=1S/C22H22N6O2S.C2H6/c1-22(2,13-30-18-5-3-4-16-19(18)20(23)28-31-27-16)26-21(29)15-8-11-25-17(12-15)14-6-9-24-10-7-14;1-2/h3-12,27H,13H2,1-2H3,(H2,23,28)(H,26,29);1-2H3. The average Bonchev–Trinajstić information content (AvgIpc) is 2.84. The topological polar surface area (TPSA) is 115 Å². The highest BCUT2D eigenvalue weighted by atomic mass is 32.2. The van der Waals surface area contributed by atoms with Gasteiger partial charge in [-0.25, -0.2) is 0 Å². The maximum atomic E-state index is 12.9. The minimum absolute atomic E-state index is 0.208. The number of nitrogens with one attached hydrogen (secondary N) is 2. The number of aromatic nitrogens is 2. The van der Waals surface area contributed by atoms with Gasteiger partial charge in [0.2, 0.25) is 0 Å². The van der Waals surface area contributed by atoms with Gasteiger partial charge < -0.3 is 20.5 Å². The number of anilines is 1. The summed E-state index contributed by atoms with van der Waals surface area (Å²) in [5, 5.41) is 3.03. The molecule has 4 rings (SSSR count). The Labute approximate surface area is 198 Å². The van der Waals surface area contributed by atoms with E-state index in [0.717, 1.165) is 16.8 Å². The van der Waals surface area contributed by atoms with Gasteiger partial charge in [0.05, 0.1) is 34.6 Å². The first-order valence-electron chi connectivity index (χ1n) is 10.6. The van der Waals surface area contributed by atoms with E-state index in [9.17, 15) is 4.79 Å². The predicted molar refractivity (Wildman–Crippen MR) is 134 cm³/mol. The van der Waals surface area contributed by atoms with E-state index in [1.165, 1.54) is 12.1 Å². The lowest BCUT2D eigenvalue weighted by Gasteiger charge is -2.27. The summed E-state index contributed by atoms with van der Waals surface area (Å²) in [7, 11) is 0. The van der Waals surface area contributed by atoms with E-state index in [1.807, 2.05) is 58.0 Å². The van der Waals surface area contributed by atoms with Crippen LogP contribution in [0.2, 0.25) is 0 Å². The van der Waals surface area contributed by atoms with Crippen molar-refractivity contribution >= 4 is 29.6 Å². The third-order valence-corrected chi connectivity index (χ3v) is 5.22. The van der Waals surface area contributed by atoms with Gasteiger partial charge in [-0.05, 0) is 50.2 Å². The van der Waals surface area contributed by atoms with Gasteiger partial charge in [-0.1, -0.05) is 19.9 Å². The number of nitrogens with two attached hydrogens (primary N) is 1. The largest absolute Gasteiger partial charge is 0.490 e. The number of fused-ring (bicyclic) bond motifs is 1. The second kappa shape index (κ2) is 10.8. The minimum Gasteiger partial charge on any atom is -0.490 e. The fraction of sp³-hybridized carbons (Fsp3) is 0.250. The van der Waals surface area contributed by atoms with Crippen LogP contribution in [0.4, 0.5) is 5.69 Å². The number of hydrogen-bond donors (Lipinski definition) is 3. The molecule has 3 aromatic rings. The van der Waals surface area contributed by atoms with Crippen LogP contribution >= 0.6 is 12.1 Å². The Balaban J connectivity index is 0.00000149. The predicted octanol–water partition coefficient (Wildman–Crippen LogP) is 4.45. The summed E-state index contributed by atoms with van der Waals surface area (Å²) in [5.74, 6) is 0.801. The zero-order valence-corrected chi connectivity index (χ0v) is 19.9. The molecule has 0 atom stereocenters. The van der Waals surface area contributed by atoms with Crippen molar-refractivity contribution < 1.29 is 9.53 Å². The van der Waals surface area contributed by atoms with E-state index in [4.69, 9.17) is 10.5 Å². The molecule has 33 heavy (non-hydrogen) atoms. The molecule has 0 saturated heterocycles. The van der Waals surface area contributed by atoms with Crippen LogP contribution in [0.5, 0.6) is 5.75 Å². The highest BCUT2D eigenvalue weighted by molar-refractivity contribution is 7.99. The fourth-order valence-electron chi connectivity index (χ4n) is 3.09. The number of rotatable bonds is 6. The van der Waals surface area contributed by atoms with Crippen LogP contribution in [-0.2, 0) is 0 Å². The molecule has 9 heteroatoms. The third-order valence-electron chi connectivity index (χ3n) is 4.62. The second-order valence-electron chi connectivity index (χ2n) is 7.64. The molecule has 1 aliphatic rings. The van der Waals surface area contributed by atoms with Gasteiger partial charge in [0.15, 0.2) is 0 Å². The first kappa shape index (κ1) is 24.1. The molecule has 3 heterocycles. The molecule has 4 N–H and O–H groups in total. The van der Waals surface area contributed by atoms with E-state index in [1.54, 1.807) is 30.7 Å². The van der Waals surface area contributed by atoms with Crippen LogP contribution in [0.15, 0.2) is 65.5 Å². The van der Waals surface area contributed by atoms with Crippen LogP contribution in [0.25, 0.3) is 11.3 Å². The number of hydrogen-bond acceptors (Lipinski definition) is 8. The summed E-state index contributed by atoms with van der Waals surface area (Å²) >= 11 is 1.18. The number of amidine groups is 1. The minimum atomic E-state index is -0.636. The average molecular weight is 465 g/mol. The number of carbonyl (C=O) groups excluding carboxylic acids is 1. The molecule has 0 bridgehead atoms. The SMILES string of the molecule is CC.CC(C)(COc1cccc2c1C(N)=NSN2)NC(=O)c1ccnc(-c2ccncc2)c1. The van der Waals surface area contributed by atoms with Crippen LogP contribution in [-0.4, -0.2) is 33.9 Å². The summed E-state index contributed by atoms with van der Waals surface area (Å²) in [6, 6.07) is 12.8. The second-order valence-corrected chi connectivity index (χ2v) is 8.21. The molecule has 2 aromatic heterocycles. The van der Waals surface area contributed by atoms with Crippen molar-refractivity contribution in [2.45, 2.75) is 33.2 Å². The van der Waals surface area contributed by atoms with E-state index in [2.05, 4.69) is 24.4 Å². The third kappa shape index (κ3) is 6.01. The van der Waals surface area contributed by atoms with Gasteiger partial charge in [0.25, 0.3) is 5.91 Å². The molecule has 0 aliphatic carbocycles. The smallest absolute Gasteiger partial charge is 0.251 e. The Hall–Kier alpha value is -3.59. The number of ether oxygens (including phenoxy) is 1. The van der Waals surface area contributed by atoms with Crippen molar-refractivity contribution in [3.05, 3.63) is 72.2 Å². The Morgan fingerprint density at radius 3 is 2.67 bits per heavy atom. The highest BCUT2D eigenvalue weighted by Crippen LogP contribution is 2.32. The van der Waals surface area contributed by atoms with E-state index >= 15 is 0 Å². The molecule has 0 radical (unpaired) electrons. The van der Waals surface area contributed by atoms with Crippen molar-refractivity contribution in [2.24, 2.45) is 10.1 Å². The van der Waals surface area contributed by atoms with Crippen molar-refractivity contribution in [3.63, 3.8) is 0 Å². The molecular weight excluding hydrogens is 436 g/mol. The lowest BCUT2D eigenvalue weighted by atomic mass is 10.0. The normalized spacial score (nSPS) is 12.3. The van der Waals surface area contributed by atoms with Crippen molar-refractivity contribution in [1.82, 2.24) is 15.3 Å². The Morgan fingerprint density at radius 1 is 1.15 bits per heavy atom. The molecule has 1 amide bonds. The van der Waals surface area contributed by atoms with E-state index < -0.39 is 5.54 Å². The van der Waals surface area contributed by atoms with Crippen molar-refractivity contribution in [1.29, 1.82) is 0 Å². The van der Waals surface area contributed by atoms with Crippen LogP contribution in [0.1, 0.15) is 43.6 Å². The van der Waals surface area contributed by atoms with E-state index in [0.29, 0.717) is 22.8 Å². The molecule has 0 spiro atoms. The van der Waals surface area contributed by atoms with Crippen LogP contribution in [0.3, 0.4) is 0 Å². The van der Waals surface area contributed by atoms with Crippen LogP contribution in [0, 0.1) is 0 Å². The van der Waals surface area contributed by atoms with Gasteiger partial charge in [0.1, 0.15) is 18.2 Å². The van der Waals surface area contributed by atoms with Crippen molar-refractivity contribution in [3.8, 4) is 17.0 Å². The fourth-order valence-corrected chi connectivity index (χ4v) is 3.60. The first-order chi connectivity index (χ1) is 15.9. The van der Waals surface area contributed by atoms with E-state index in [-0.39, 0.29) is 12.5 Å². The number of carbonyl (C=O) groups is 1. The summed E-state index contributed by atoms with van der Waals surface area (Å²) in [6.07, 6.45) is 5.01. The van der Waals surface area contributed by atoms with Gasteiger partial charge in [0, 0.05) is 29.7 Å². The number of benzene rings is 1. The summed E-state index contributed by atoms with van der Waals surface area (Å²) in [5.41, 5.74) is 9.09. The lowest BCUT2D eigenvalue weighted by Crippen LogP contribution is -2.48. The van der Waals surface area contributed by atoms with Gasteiger partial charge >= 0.3 is 0 Å². The quantitative estimate of drug-likeness (QED) is 0.462. The summed E-state index contributed by atoms with van der Waals surface area (Å²) in [4.78, 5) is 21.2. The molecule has 0 saturated carbocycles. The highest BCUT2D eigenvalue weighted by Gasteiger charge is 2.25. The Bertz CT molecular complexity index is 1130. The molecule has 0 unspecified atom stereocenters. The molecule has 0 fully saturated rings. The summed E-state index contributed by atoms with van der Waals surface area (Å²) < 4.78 is 13.3. The Morgan fingerprint density at radius 2 is 1.91 bits per heavy atom. The maximum Gasteiger partial charge on any atom is 0.251 e. The zero-order chi connectivity index (χ0) is 23.8. The molecule has 172 valence electrons. The zero-order valence-electron chi connectivity index (χ0n) is 19.1. The van der Waals surface area contributed by atoms with Gasteiger partial charge in [-0.15, -0.1) is 0 Å². The lowest BCUT2D eigenvalue weighted by molar-refractivity contribution is 0.0880. The molecular formula is C24H28N6O2S. The van der Waals surface area contributed by atoms with Gasteiger partial charge in [-0.3, -0.25) is 14.8 Å². The monoisotopic (exact) mass is 464 g/mol. The number of amides is 1. The number of pyridine rings is 2.